The van der Waals surface area contributed by atoms with Gasteiger partial charge in [0, 0.05) is 35.5 Å². The molecule has 6 nitrogen and oxygen atoms in total. The van der Waals surface area contributed by atoms with Crippen molar-refractivity contribution in [1.29, 1.82) is 0 Å². The summed E-state index contributed by atoms with van der Waals surface area (Å²) < 4.78 is 0. The molecule has 0 atom stereocenters. The van der Waals surface area contributed by atoms with Gasteiger partial charge in [-0.1, -0.05) is 40.2 Å². The molecular weight excluding hydrogens is 472 g/mol. The Kier molecular flexibility index (Phi) is 6.97. The van der Waals surface area contributed by atoms with Crippen LogP contribution in [0.25, 0.3) is 0 Å². The van der Waals surface area contributed by atoms with Gasteiger partial charge in [-0.2, -0.15) is 0 Å². The lowest BCUT2D eigenvalue weighted by molar-refractivity contribution is -0.121. The number of nitrogens with zero attached hydrogens (tertiary/aromatic N) is 2. The summed E-state index contributed by atoms with van der Waals surface area (Å²) in [6.45, 7) is 0. The second kappa shape index (κ2) is 9.65. The fraction of sp³-hybridized carbons (Fsp3) is 0.0909. The Morgan fingerprint density at radius 1 is 0.667 bits per heavy atom. The van der Waals surface area contributed by atoms with Crippen LogP contribution in [0.1, 0.15) is 11.1 Å². The van der Waals surface area contributed by atoms with Crippen molar-refractivity contribution in [1.82, 2.24) is 0 Å². The second-order valence-corrected chi connectivity index (χ2v) is 7.13. The highest BCUT2D eigenvalue weighted by Gasteiger charge is 2.25. The van der Waals surface area contributed by atoms with Crippen molar-refractivity contribution >= 4 is 62.5 Å². The quantitative estimate of drug-likeness (QED) is 0.485. The fourth-order valence-electron chi connectivity index (χ4n) is 2.87. The molecule has 2 heterocycles. The van der Waals surface area contributed by atoms with Crippen LogP contribution in [0, 0.1) is 0 Å². The van der Waals surface area contributed by atoms with Gasteiger partial charge in [0.15, 0.2) is 0 Å². The monoisotopic (exact) mass is 486 g/mol. The van der Waals surface area contributed by atoms with Gasteiger partial charge < -0.3 is 0 Å². The number of hydrogen-bond acceptors (Lipinski definition) is 4. The topological polar surface area (TPSA) is 74.8 Å². The summed E-state index contributed by atoms with van der Waals surface area (Å²) >= 11 is 9.00. The summed E-state index contributed by atoms with van der Waals surface area (Å²) in [5.74, 6) is -0.839. The number of alkyl halides is 2. The van der Waals surface area contributed by atoms with Crippen LogP contribution in [0.4, 0.5) is 11.4 Å². The van der Waals surface area contributed by atoms with E-state index >= 15 is 0 Å². The molecule has 152 valence electrons. The third-order valence-corrected chi connectivity index (χ3v) is 5.22. The van der Waals surface area contributed by atoms with E-state index in [0.29, 0.717) is 22.6 Å². The molecule has 2 aliphatic rings. The van der Waals surface area contributed by atoms with Crippen molar-refractivity contribution in [3.8, 4) is 0 Å². The number of amides is 4. The summed E-state index contributed by atoms with van der Waals surface area (Å²) in [5, 5.41) is 0.699. The number of carbonyl (C=O) groups is 4. The summed E-state index contributed by atoms with van der Waals surface area (Å²) in [7, 11) is 0. The van der Waals surface area contributed by atoms with Gasteiger partial charge in [-0.3, -0.25) is 19.2 Å². The van der Waals surface area contributed by atoms with Gasteiger partial charge >= 0.3 is 0 Å². The van der Waals surface area contributed by atoms with Crippen LogP contribution in [-0.4, -0.2) is 23.6 Å². The third-order valence-electron chi connectivity index (χ3n) is 4.26. The molecule has 0 saturated heterocycles. The van der Waals surface area contributed by atoms with Crippen molar-refractivity contribution in [2.75, 3.05) is 9.80 Å². The average molecular weight is 488 g/mol. The summed E-state index contributed by atoms with van der Waals surface area (Å²) in [5.41, 5.74) is 3.08. The Bertz CT molecular complexity index is 959. The Hall–Kier alpha value is -3.03. The summed E-state index contributed by atoms with van der Waals surface area (Å²) in [6, 6.07) is 14.4. The summed E-state index contributed by atoms with van der Waals surface area (Å²) in [4.78, 5) is 47.8. The molecule has 2 aromatic carbocycles. The molecule has 0 unspecified atom stereocenters. The maximum atomic E-state index is 11.4. The molecule has 4 rings (SSSR count). The van der Waals surface area contributed by atoms with Gasteiger partial charge in [-0.15, -0.1) is 11.6 Å². The van der Waals surface area contributed by atoms with Crippen LogP contribution >= 0.6 is 27.5 Å². The molecule has 0 bridgehead atoms. The molecule has 2 aliphatic heterocycles. The lowest BCUT2D eigenvalue weighted by Gasteiger charge is -2.14. The smallest absolute Gasteiger partial charge is 0.258 e. The van der Waals surface area contributed by atoms with Crippen LogP contribution in [-0.2, 0) is 30.4 Å². The maximum absolute atomic E-state index is 11.4. The first kappa shape index (κ1) is 21.7. The third kappa shape index (κ3) is 4.75. The molecule has 8 heteroatoms. The minimum Gasteiger partial charge on any atom is -0.269 e. The first-order chi connectivity index (χ1) is 14.4. The molecule has 0 aliphatic carbocycles. The van der Waals surface area contributed by atoms with Gasteiger partial charge in [-0.25, -0.2) is 9.80 Å². The lowest BCUT2D eigenvalue weighted by atomic mass is 10.2. The zero-order chi connectivity index (χ0) is 21.7. The molecule has 0 aromatic heterocycles. The van der Waals surface area contributed by atoms with E-state index in [-0.39, 0.29) is 23.6 Å². The number of rotatable bonds is 4. The van der Waals surface area contributed by atoms with Gasteiger partial charge in [0.25, 0.3) is 23.6 Å². The number of benzene rings is 2. The van der Waals surface area contributed by atoms with E-state index in [1.807, 2.05) is 24.3 Å². The van der Waals surface area contributed by atoms with E-state index < -0.39 is 0 Å². The maximum Gasteiger partial charge on any atom is 0.258 e. The van der Waals surface area contributed by atoms with E-state index in [2.05, 4.69) is 15.9 Å². The minimum atomic E-state index is -0.313. The van der Waals surface area contributed by atoms with E-state index in [1.165, 1.54) is 24.3 Å². The number of anilines is 2. The van der Waals surface area contributed by atoms with Crippen molar-refractivity contribution in [3.63, 3.8) is 0 Å². The highest BCUT2D eigenvalue weighted by molar-refractivity contribution is 9.08. The van der Waals surface area contributed by atoms with Crippen LogP contribution in [0.15, 0.2) is 72.8 Å². The predicted molar refractivity (Wildman–Crippen MR) is 118 cm³/mol. The van der Waals surface area contributed by atoms with Crippen LogP contribution in [0.2, 0.25) is 0 Å². The lowest BCUT2D eigenvalue weighted by Crippen LogP contribution is -2.29. The molecule has 0 fully saturated rings. The van der Waals surface area contributed by atoms with Gasteiger partial charge in [0.2, 0.25) is 0 Å². The number of imide groups is 2. The molecule has 30 heavy (non-hydrogen) atoms. The van der Waals surface area contributed by atoms with Crippen LogP contribution in [0.3, 0.4) is 0 Å². The minimum absolute atomic E-state index is 0.285. The number of carbonyl (C=O) groups excluding carboxylic acids is 4. The molecule has 4 amide bonds. The molecule has 2 aromatic rings. The molecule has 0 N–H and O–H groups in total. The fourth-order valence-corrected chi connectivity index (χ4v) is 3.38. The largest absolute Gasteiger partial charge is 0.269 e. The Balaban J connectivity index is 0.000000171. The zero-order valence-corrected chi connectivity index (χ0v) is 18.0. The number of halogens is 2. The molecular formula is C22H16BrClN2O4. The highest BCUT2D eigenvalue weighted by Crippen LogP contribution is 2.22. The van der Waals surface area contributed by atoms with Crippen molar-refractivity contribution in [2.45, 2.75) is 11.2 Å². The zero-order valence-electron chi connectivity index (χ0n) is 15.6. The van der Waals surface area contributed by atoms with E-state index in [0.717, 1.165) is 20.9 Å². The highest BCUT2D eigenvalue weighted by atomic mass is 79.9. The average Bonchev–Trinajstić information content (AvgIpc) is 3.28. The van der Waals surface area contributed by atoms with E-state index in [9.17, 15) is 19.2 Å². The Morgan fingerprint density at radius 2 is 1.07 bits per heavy atom. The van der Waals surface area contributed by atoms with Crippen LogP contribution in [0.5, 0.6) is 0 Å². The van der Waals surface area contributed by atoms with E-state index in [4.69, 9.17) is 11.6 Å². The van der Waals surface area contributed by atoms with Crippen molar-refractivity contribution in [3.05, 3.63) is 84.0 Å². The van der Waals surface area contributed by atoms with Crippen molar-refractivity contribution in [2.24, 2.45) is 0 Å². The van der Waals surface area contributed by atoms with E-state index in [1.54, 1.807) is 24.3 Å². The first-order valence-electron chi connectivity index (χ1n) is 8.86. The Labute approximate surface area is 186 Å². The Morgan fingerprint density at radius 3 is 1.47 bits per heavy atom. The molecule has 0 radical (unpaired) electrons. The van der Waals surface area contributed by atoms with Crippen molar-refractivity contribution < 1.29 is 19.2 Å². The standard InChI is InChI=1S/C11H8BrNO2.C11H8ClNO2/c2*12-7-8-2-1-3-9(6-8)13-10(14)4-5-11(13)15/h2*1-6H,7H2. The molecule has 0 saturated carbocycles. The van der Waals surface area contributed by atoms with Gasteiger partial charge in [0.05, 0.1) is 11.4 Å². The van der Waals surface area contributed by atoms with Gasteiger partial charge in [0.1, 0.15) is 0 Å². The second-order valence-electron chi connectivity index (χ2n) is 6.30. The first-order valence-corrected chi connectivity index (χ1v) is 10.5. The SMILES string of the molecule is O=C1C=CC(=O)N1c1cccc(CBr)c1.O=C1C=CC(=O)N1c1cccc(CCl)c1. The van der Waals surface area contributed by atoms with Crippen LogP contribution < -0.4 is 9.80 Å². The summed E-state index contributed by atoms with van der Waals surface area (Å²) in [6.07, 6.45) is 5.08. The van der Waals surface area contributed by atoms with Gasteiger partial charge in [-0.05, 0) is 35.4 Å². The molecule has 0 spiro atoms. The number of hydrogen-bond donors (Lipinski definition) is 0. The normalized spacial score (nSPS) is 15.1. The predicted octanol–water partition coefficient (Wildman–Crippen LogP) is 3.87.